The van der Waals surface area contributed by atoms with Crippen LogP contribution >= 0.6 is 0 Å². The van der Waals surface area contributed by atoms with E-state index in [1.165, 1.54) is 6.42 Å². The summed E-state index contributed by atoms with van der Waals surface area (Å²) < 4.78 is 5.96. The van der Waals surface area contributed by atoms with Gasteiger partial charge in [0, 0.05) is 45.3 Å². The Balaban J connectivity index is 1.61. The van der Waals surface area contributed by atoms with Crippen molar-refractivity contribution in [2.45, 2.75) is 32.8 Å². The maximum atomic E-state index is 11.9. The van der Waals surface area contributed by atoms with Crippen LogP contribution in [0.1, 0.15) is 26.7 Å². The summed E-state index contributed by atoms with van der Waals surface area (Å²) in [5.74, 6) is 2.75. The summed E-state index contributed by atoms with van der Waals surface area (Å²) in [7, 11) is 1.84. The molecule has 1 aromatic heterocycles. The number of nitrogens with zero attached hydrogens (tertiary/aromatic N) is 4. The van der Waals surface area contributed by atoms with Crippen LogP contribution in [-0.2, 0) is 9.53 Å². The lowest BCUT2D eigenvalue weighted by atomic mass is 9.87. The molecule has 2 aliphatic heterocycles. The summed E-state index contributed by atoms with van der Waals surface area (Å²) in [5, 5.41) is 3.45. The molecule has 0 aliphatic carbocycles. The number of rotatable bonds is 5. The van der Waals surface area contributed by atoms with Gasteiger partial charge in [-0.15, -0.1) is 0 Å². The Labute approximate surface area is 149 Å². The Morgan fingerprint density at radius 1 is 1.36 bits per heavy atom. The van der Waals surface area contributed by atoms with Crippen molar-refractivity contribution in [3.63, 3.8) is 0 Å². The fourth-order valence-corrected chi connectivity index (χ4v) is 3.63. The molecule has 0 unspecified atom stereocenters. The highest BCUT2D eigenvalue weighted by Gasteiger charge is 2.28. The number of nitrogens with one attached hydrogen (secondary N) is 1. The molecule has 7 nitrogen and oxygen atoms in total. The Hall–Kier alpha value is -1.89. The number of carbonyl (C=O) groups is 1. The van der Waals surface area contributed by atoms with E-state index in [0.717, 1.165) is 44.3 Å². The number of anilines is 2. The number of amides is 1. The molecule has 2 saturated heterocycles. The summed E-state index contributed by atoms with van der Waals surface area (Å²) in [6, 6.07) is 1.94. The molecule has 138 valence electrons. The first-order valence-corrected chi connectivity index (χ1v) is 9.21. The predicted molar refractivity (Wildman–Crippen MR) is 97.7 cm³/mol. The van der Waals surface area contributed by atoms with E-state index in [1.54, 1.807) is 11.2 Å². The van der Waals surface area contributed by atoms with E-state index in [0.29, 0.717) is 24.5 Å². The molecule has 2 fully saturated rings. The van der Waals surface area contributed by atoms with Gasteiger partial charge in [-0.1, -0.05) is 13.8 Å². The van der Waals surface area contributed by atoms with Crippen molar-refractivity contribution in [2.24, 2.45) is 11.8 Å². The van der Waals surface area contributed by atoms with E-state index in [-0.39, 0.29) is 5.91 Å². The molecule has 1 aromatic rings. The van der Waals surface area contributed by atoms with Gasteiger partial charge in [-0.2, -0.15) is 0 Å². The van der Waals surface area contributed by atoms with Crippen LogP contribution in [0.15, 0.2) is 12.4 Å². The van der Waals surface area contributed by atoms with Crippen LogP contribution in [0.5, 0.6) is 0 Å². The number of piperazine rings is 1. The Morgan fingerprint density at radius 3 is 2.96 bits per heavy atom. The summed E-state index contributed by atoms with van der Waals surface area (Å²) >= 11 is 0. The van der Waals surface area contributed by atoms with E-state index in [4.69, 9.17) is 4.74 Å². The number of hydrogen-bond acceptors (Lipinski definition) is 6. The summed E-state index contributed by atoms with van der Waals surface area (Å²) in [5.41, 5.74) is 0. The number of hydrogen-bond donors (Lipinski definition) is 1. The molecular formula is C18H29N5O2. The molecule has 3 rings (SSSR count). The molecule has 0 aromatic carbocycles. The monoisotopic (exact) mass is 347 g/mol. The van der Waals surface area contributed by atoms with Gasteiger partial charge in [0.05, 0.1) is 12.6 Å². The largest absolute Gasteiger partial charge is 0.378 e. The van der Waals surface area contributed by atoms with Crippen molar-refractivity contribution in [3.8, 4) is 0 Å². The number of carbonyl (C=O) groups excluding carboxylic acids is 1. The fraction of sp³-hybridized carbons (Fsp3) is 0.722. The Morgan fingerprint density at radius 2 is 2.20 bits per heavy atom. The van der Waals surface area contributed by atoms with Gasteiger partial charge in [-0.05, 0) is 18.8 Å². The van der Waals surface area contributed by atoms with Crippen molar-refractivity contribution >= 4 is 17.5 Å². The molecule has 2 aliphatic rings. The van der Waals surface area contributed by atoms with Crippen LogP contribution in [-0.4, -0.2) is 66.7 Å². The van der Waals surface area contributed by atoms with Crippen molar-refractivity contribution in [2.75, 3.05) is 50.1 Å². The van der Waals surface area contributed by atoms with Gasteiger partial charge in [0.25, 0.3) is 0 Å². The molecule has 1 amide bonds. The van der Waals surface area contributed by atoms with Gasteiger partial charge >= 0.3 is 0 Å². The minimum atomic E-state index is 0.124. The van der Waals surface area contributed by atoms with E-state index in [2.05, 4.69) is 29.1 Å². The lowest BCUT2D eigenvalue weighted by Gasteiger charge is -2.35. The first kappa shape index (κ1) is 17.9. The van der Waals surface area contributed by atoms with E-state index in [1.807, 2.05) is 18.0 Å². The lowest BCUT2D eigenvalue weighted by molar-refractivity contribution is -0.129. The topological polar surface area (TPSA) is 70.6 Å². The quantitative estimate of drug-likeness (QED) is 0.873. The zero-order valence-corrected chi connectivity index (χ0v) is 15.4. The first-order chi connectivity index (χ1) is 12.0. The van der Waals surface area contributed by atoms with Gasteiger partial charge < -0.3 is 19.9 Å². The smallest absolute Gasteiger partial charge is 0.241 e. The van der Waals surface area contributed by atoms with E-state index < -0.39 is 0 Å². The average molecular weight is 347 g/mol. The molecule has 7 heteroatoms. The van der Waals surface area contributed by atoms with Gasteiger partial charge in [0.2, 0.25) is 5.91 Å². The number of ether oxygens (including phenoxy) is 1. The molecule has 0 spiro atoms. The zero-order valence-electron chi connectivity index (χ0n) is 15.4. The molecular weight excluding hydrogens is 318 g/mol. The highest BCUT2D eigenvalue weighted by atomic mass is 16.5. The van der Waals surface area contributed by atoms with Crippen molar-refractivity contribution in [3.05, 3.63) is 12.4 Å². The number of aromatic nitrogens is 2. The molecule has 0 radical (unpaired) electrons. The molecule has 1 N–H and O–H groups in total. The Bertz CT molecular complexity index is 595. The molecule has 25 heavy (non-hydrogen) atoms. The third kappa shape index (κ3) is 4.39. The molecule has 0 saturated carbocycles. The average Bonchev–Trinajstić information content (AvgIpc) is 2.62. The molecule has 2 atom stereocenters. The van der Waals surface area contributed by atoms with Crippen LogP contribution in [0, 0.1) is 11.8 Å². The Kier molecular flexibility index (Phi) is 5.73. The van der Waals surface area contributed by atoms with Gasteiger partial charge in [0.15, 0.2) is 0 Å². The third-order valence-electron chi connectivity index (χ3n) is 5.13. The fourth-order valence-electron chi connectivity index (χ4n) is 3.63. The first-order valence-electron chi connectivity index (χ1n) is 9.21. The maximum Gasteiger partial charge on any atom is 0.241 e. The second-order valence-electron chi connectivity index (χ2n) is 7.36. The second kappa shape index (κ2) is 7.99. The minimum Gasteiger partial charge on any atom is -0.378 e. The van der Waals surface area contributed by atoms with Crippen LogP contribution in [0.4, 0.5) is 11.6 Å². The molecule has 3 heterocycles. The summed E-state index contributed by atoms with van der Waals surface area (Å²) in [6.07, 6.45) is 4.17. The van der Waals surface area contributed by atoms with Gasteiger partial charge in [0.1, 0.15) is 18.0 Å². The van der Waals surface area contributed by atoms with Gasteiger partial charge in [-0.3, -0.25) is 4.79 Å². The van der Waals surface area contributed by atoms with Crippen molar-refractivity contribution in [1.82, 2.24) is 14.9 Å². The zero-order chi connectivity index (χ0) is 17.8. The normalized spacial score (nSPS) is 24.7. The summed E-state index contributed by atoms with van der Waals surface area (Å²) in [4.78, 5) is 24.3. The van der Waals surface area contributed by atoms with E-state index >= 15 is 0 Å². The standard InChI is InChI=1S/C18H29N5O2/c1-13(2)18-14(5-4-8-25-18)10-19-15-9-16(21-12-20-15)23-7-6-22(3)17(24)11-23/h9,12-14,18H,4-8,10-11H2,1-3H3,(H,19,20,21)/t14-,18+/m0/s1. The number of likely N-dealkylation sites (N-methyl/N-ethyl adjacent to an activating group) is 1. The molecule has 0 bridgehead atoms. The highest BCUT2D eigenvalue weighted by molar-refractivity contribution is 5.82. The minimum absolute atomic E-state index is 0.124. The lowest BCUT2D eigenvalue weighted by Crippen LogP contribution is -2.48. The SMILES string of the molecule is CC(C)[C@H]1OCCC[C@H]1CNc1cc(N2CCN(C)C(=O)C2)ncn1. The van der Waals surface area contributed by atoms with Crippen LogP contribution in [0.3, 0.4) is 0 Å². The van der Waals surface area contributed by atoms with E-state index in [9.17, 15) is 4.79 Å². The van der Waals surface area contributed by atoms with Gasteiger partial charge in [-0.25, -0.2) is 9.97 Å². The van der Waals surface area contributed by atoms with Crippen molar-refractivity contribution in [1.29, 1.82) is 0 Å². The van der Waals surface area contributed by atoms with Crippen LogP contribution < -0.4 is 10.2 Å². The second-order valence-corrected chi connectivity index (χ2v) is 7.36. The summed E-state index contributed by atoms with van der Waals surface area (Å²) in [6.45, 7) is 8.05. The maximum absolute atomic E-state index is 11.9. The third-order valence-corrected chi connectivity index (χ3v) is 5.13. The highest BCUT2D eigenvalue weighted by Crippen LogP contribution is 2.27. The van der Waals surface area contributed by atoms with Crippen LogP contribution in [0.25, 0.3) is 0 Å². The predicted octanol–water partition coefficient (Wildman–Crippen LogP) is 1.62. The van der Waals surface area contributed by atoms with Crippen molar-refractivity contribution < 1.29 is 9.53 Å². The van der Waals surface area contributed by atoms with Crippen LogP contribution in [0.2, 0.25) is 0 Å².